The van der Waals surface area contributed by atoms with Gasteiger partial charge in [0.15, 0.2) is 11.6 Å². The van der Waals surface area contributed by atoms with Gasteiger partial charge in [-0.15, -0.1) is 0 Å². The largest absolute Gasteiger partial charge is 0.505 e. The van der Waals surface area contributed by atoms with Gasteiger partial charge in [-0.25, -0.2) is 4.39 Å². The molecule has 0 fully saturated rings. The van der Waals surface area contributed by atoms with Gasteiger partial charge in [-0.1, -0.05) is 24.9 Å². The van der Waals surface area contributed by atoms with Gasteiger partial charge < -0.3 is 9.84 Å². The van der Waals surface area contributed by atoms with Crippen LogP contribution in [0.25, 0.3) is 10.9 Å². The number of aromatic nitrogens is 1. The molecule has 30 heavy (non-hydrogen) atoms. The molecular formula is C23H23ClFNO4. The zero-order valence-corrected chi connectivity index (χ0v) is 17.8. The average Bonchev–Trinajstić information content (AvgIpc) is 2.98. The van der Waals surface area contributed by atoms with Crippen LogP contribution in [0.3, 0.4) is 0 Å². The van der Waals surface area contributed by atoms with E-state index in [0.717, 1.165) is 18.9 Å². The van der Waals surface area contributed by atoms with Crippen LogP contribution >= 0.6 is 11.6 Å². The maximum Gasteiger partial charge on any atom is 0.313 e. The van der Waals surface area contributed by atoms with Crippen LogP contribution in [0.5, 0.6) is 5.75 Å². The van der Waals surface area contributed by atoms with E-state index in [1.807, 2.05) is 6.92 Å². The fourth-order valence-electron chi connectivity index (χ4n) is 3.54. The lowest BCUT2D eigenvalue weighted by Gasteiger charge is -2.13. The first kappa shape index (κ1) is 21.8. The molecule has 3 rings (SSSR count). The van der Waals surface area contributed by atoms with Crippen LogP contribution in [-0.2, 0) is 9.53 Å². The van der Waals surface area contributed by atoms with Crippen molar-refractivity contribution in [2.75, 3.05) is 6.61 Å². The second-order valence-corrected chi connectivity index (χ2v) is 7.65. The number of fused-ring (bicyclic) bond motifs is 1. The lowest BCUT2D eigenvalue weighted by atomic mass is 9.98. The minimum absolute atomic E-state index is 0.269. The summed E-state index contributed by atoms with van der Waals surface area (Å²) in [5.74, 6) is -2.93. The number of rotatable bonds is 6. The van der Waals surface area contributed by atoms with E-state index in [2.05, 4.69) is 0 Å². The van der Waals surface area contributed by atoms with Crippen molar-refractivity contribution >= 4 is 34.4 Å². The lowest BCUT2D eigenvalue weighted by Crippen LogP contribution is -2.17. The predicted molar refractivity (Wildman–Crippen MR) is 114 cm³/mol. The molecule has 0 aliphatic heterocycles. The van der Waals surface area contributed by atoms with E-state index in [1.165, 1.54) is 10.6 Å². The van der Waals surface area contributed by atoms with Crippen LogP contribution in [-0.4, -0.2) is 28.2 Å². The third-order valence-corrected chi connectivity index (χ3v) is 5.40. The monoisotopic (exact) mass is 431 g/mol. The number of esters is 1. The minimum Gasteiger partial charge on any atom is -0.505 e. The van der Waals surface area contributed by atoms with Crippen molar-refractivity contribution in [3.8, 4) is 5.75 Å². The van der Waals surface area contributed by atoms with Gasteiger partial charge in [0.05, 0.1) is 18.0 Å². The molecule has 5 nitrogen and oxygen atoms in total. The SMILES string of the molecule is CCCCOC(=O)[C@H](C)c1c(C)n(C(=O)c2ccc(Cl)cc2)c2cc(F)c(O)cc12. The van der Waals surface area contributed by atoms with Gasteiger partial charge >= 0.3 is 5.97 Å². The number of benzene rings is 2. The Labute approximate surface area is 179 Å². The van der Waals surface area contributed by atoms with Gasteiger partial charge in [-0.3, -0.25) is 14.2 Å². The van der Waals surface area contributed by atoms with Crippen LogP contribution in [0.2, 0.25) is 5.02 Å². The number of aromatic hydroxyl groups is 1. The highest BCUT2D eigenvalue weighted by molar-refractivity contribution is 6.30. The van der Waals surface area contributed by atoms with E-state index in [-0.39, 0.29) is 5.52 Å². The molecule has 1 aromatic heterocycles. The van der Waals surface area contributed by atoms with Crippen LogP contribution in [0.4, 0.5) is 4.39 Å². The molecule has 1 N–H and O–H groups in total. The summed E-state index contributed by atoms with van der Waals surface area (Å²) in [4.78, 5) is 25.8. The second-order valence-electron chi connectivity index (χ2n) is 7.21. The molecule has 0 amide bonds. The summed E-state index contributed by atoms with van der Waals surface area (Å²) in [7, 11) is 0. The topological polar surface area (TPSA) is 68.5 Å². The first-order chi connectivity index (χ1) is 14.3. The van der Waals surface area contributed by atoms with Crippen molar-refractivity contribution in [3.63, 3.8) is 0 Å². The molecule has 2 aromatic carbocycles. The summed E-state index contributed by atoms with van der Waals surface area (Å²) in [6.45, 7) is 5.66. The molecule has 7 heteroatoms. The molecule has 1 atom stereocenters. The number of carbonyl (C=O) groups excluding carboxylic acids is 2. The Bertz CT molecular complexity index is 1100. The summed E-state index contributed by atoms with van der Waals surface area (Å²) in [6.07, 6.45) is 1.64. The quantitative estimate of drug-likeness (QED) is 0.408. The number of hydrogen-bond donors (Lipinski definition) is 1. The van der Waals surface area contributed by atoms with Crippen molar-refractivity contribution in [3.05, 3.63) is 64.1 Å². The van der Waals surface area contributed by atoms with E-state index >= 15 is 0 Å². The number of hydrogen-bond acceptors (Lipinski definition) is 4. The van der Waals surface area contributed by atoms with Gasteiger partial charge in [0.2, 0.25) is 0 Å². The summed E-state index contributed by atoms with van der Waals surface area (Å²) in [6, 6.07) is 8.69. The maximum atomic E-state index is 14.2. The van der Waals surface area contributed by atoms with E-state index in [4.69, 9.17) is 16.3 Å². The van der Waals surface area contributed by atoms with Crippen molar-refractivity contribution in [2.24, 2.45) is 0 Å². The van der Waals surface area contributed by atoms with Crippen LogP contribution in [0.15, 0.2) is 36.4 Å². The first-order valence-electron chi connectivity index (χ1n) is 9.76. The Hall–Kier alpha value is -2.86. The molecule has 0 aliphatic carbocycles. The number of phenols is 1. The Morgan fingerprint density at radius 3 is 2.53 bits per heavy atom. The molecule has 158 valence electrons. The number of phenolic OH excluding ortho intramolecular Hbond substituents is 1. The molecule has 0 saturated carbocycles. The van der Waals surface area contributed by atoms with Gasteiger partial charge in [0.25, 0.3) is 5.91 Å². The lowest BCUT2D eigenvalue weighted by molar-refractivity contribution is -0.145. The highest BCUT2D eigenvalue weighted by Crippen LogP contribution is 2.36. The summed E-state index contributed by atoms with van der Waals surface area (Å²) >= 11 is 5.91. The van der Waals surface area contributed by atoms with Gasteiger partial charge in [-0.2, -0.15) is 0 Å². The van der Waals surface area contributed by atoms with Crippen LogP contribution < -0.4 is 0 Å². The molecule has 3 aromatic rings. The van der Waals surface area contributed by atoms with Gasteiger partial charge in [0, 0.05) is 27.7 Å². The Balaban J connectivity index is 2.15. The van der Waals surface area contributed by atoms with Crippen molar-refractivity contribution in [2.45, 2.75) is 39.5 Å². The number of carbonyl (C=O) groups is 2. The molecule has 0 saturated heterocycles. The molecule has 0 radical (unpaired) electrons. The van der Waals surface area contributed by atoms with Crippen LogP contribution in [0.1, 0.15) is 54.2 Å². The highest BCUT2D eigenvalue weighted by atomic mass is 35.5. The van der Waals surface area contributed by atoms with Crippen LogP contribution in [0, 0.1) is 12.7 Å². The molecule has 0 aliphatic rings. The van der Waals surface area contributed by atoms with Crippen molar-refractivity contribution in [1.29, 1.82) is 0 Å². The van der Waals surface area contributed by atoms with E-state index in [1.54, 1.807) is 38.1 Å². The second kappa shape index (κ2) is 8.88. The summed E-state index contributed by atoms with van der Waals surface area (Å²) in [5.41, 5.74) is 1.63. The Morgan fingerprint density at radius 2 is 1.90 bits per heavy atom. The predicted octanol–water partition coefficient (Wildman–Crippen LogP) is 5.58. The maximum absolute atomic E-state index is 14.2. The van der Waals surface area contributed by atoms with E-state index < -0.39 is 29.4 Å². The van der Waals surface area contributed by atoms with E-state index in [0.29, 0.717) is 33.8 Å². The number of unbranched alkanes of at least 4 members (excludes halogenated alkanes) is 1. The first-order valence-corrected chi connectivity index (χ1v) is 10.1. The number of nitrogens with zero attached hydrogens (tertiary/aromatic N) is 1. The third-order valence-electron chi connectivity index (χ3n) is 5.14. The highest BCUT2D eigenvalue weighted by Gasteiger charge is 2.28. The minimum atomic E-state index is -0.852. The fraction of sp³-hybridized carbons (Fsp3) is 0.304. The van der Waals surface area contributed by atoms with Crippen molar-refractivity contribution in [1.82, 2.24) is 4.57 Å². The summed E-state index contributed by atoms with van der Waals surface area (Å²) < 4.78 is 20.9. The Morgan fingerprint density at radius 1 is 1.23 bits per heavy atom. The van der Waals surface area contributed by atoms with E-state index in [9.17, 15) is 19.1 Å². The van der Waals surface area contributed by atoms with Gasteiger partial charge in [0.1, 0.15) is 0 Å². The molecular weight excluding hydrogens is 409 g/mol. The fourth-order valence-corrected chi connectivity index (χ4v) is 3.66. The zero-order chi connectivity index (χ0) is 22.0. The molecule has 0 spiro atoms. The normalized spacial score (nSPS) is 12.2. The number of halogens is 2. The smallest absolute Gasteiger partial charge is 0.313 e. The Kier molecular flexibility index (Phi) is 6.46. The average molecular weight is 432 g/mol. The zero-order valence-electron chi connectivity index (χ0n) is 17.0. The summed E-state index contributed by atoms with van der Waals surface area (Å²) in [5, 5.41) is 10.8. The number of ether oxygens (including phenoxy) is 1. The van der Waals surface area contributed by atoms with Gasteiger partial charge in [-0.05, 0) is 56.2 Å². The van der Waals surface area contributed by atoms with Crippen molar-refractivity contribution < 1.29 is 23.8 Å². The standard InChI is InChI=1S/C23H23ClFNO4/c1-4-5-10-30-23(29)13(2)21-14(3)26(19-12-18(25)20(27)11-17(19)21)22(28)15-6-8-16(24)9-7-15/h6-9,11-13,27H,4-5,10H2,1-3H3/t13-/m1/s1. The third kappa shape index (κ3) is 4.05. The molecule has 0 bridgehead atoms. The molecule has 0 unspecified atom stereocenters. The molecule has 1 heterocycles.